The van der Waals surface area contributed by atoms with Crippen LogP contribution in [-0.2, 0) is 19.6 Å². The van der Waals surface area contributed by atoms with Gasteiger partial charge in [-0.05, 0) is 25.1 Å². The number of rotatable bonds is 5. The van der Waals surface area contributed by atoms with E-state index in [0.29, 0.717) is 10.6 Å². The van der Waals surface area contributed by atoms with Crippen LogP contribution < -0.4 is 4.72 Å². The monoisotopic (exact) mass is 331 g/mol. The van der Waals surface area contributed by atoms with Gasteiger partial charge in [0, 0.05) is 10.6 Å². The van der Waals surface area contributed by atoms with Crippen LogP contribution in [0.2, 0.25) is 5.02 Å². The second kappa shape index (κ2) is 7.88. The molecular formula is C13H14ClNO5S. The van der Waals surface area contributed by atoms with Gasteiger partial charge in [-0.2, -0.15) is 0 Å². The molecule has 21 heavy (non-hydrogen) atoms. The zero-order valence-corrected chi connectivity index (χ0v) is 12.8. The first kappa shape index (κ1) is 17.3. The molecule has 0 aromatic heterocycles. The number of aliphatic hydroxyl groups excluding tert-OH is 1. The highest BCUT2D eigenvalue weighted by atomic mass is 35.5. The first-order valence-corrected chi connectivity index (χ1v) is 7.96. The maximum Gasteiger partial charge on any atom is 0.323 e. The molecule has 0 atom stereocenters. The molecule has 0 aliphatic rings. The Morgan fingerprint density at radius 1 is 1.48 bits per heavy atom. The molecular weight excluding hydrogens is 318 g/mol. The molecule has 0 saturated carbocycles. The molecule has 6 nitrogen and oxygen atoms in total. The Balaban J connectivity index is 3.00. The second-order valence-electron chi connectivity index (χ2n) is 3.82. The summed E-state index contributed by atoms with van der Waals surface area (Å²) < 4.78 is 30.6. The van der Waals surface area contributed by atoms with E-state index >= 15 is 0 Å². The second-order valence-corrected chi connectivity index (χ2v) is 5.97. The van der Waals surface area contributed by atoms with Gasteiger partial charge in [0.1, 0.15) is 6.61 Å². The summed E-state index contributed by atoms with van der Waals surface area (Å²) in [7, 11) is -3.93. The van der Waals surface area contributed by atoms with Crippen LogP contribution in [0.5, 0.6) is 0 Å². The van der Waals surface area contributed by atoms with Crippen molar-refractivity contribution < 1.29 is 23.1 Å². The molecule has 0 saturated heterocycles. The number of halogens is 1. The van der Waals surface area contributed by atoms with Crippen LogP contribution in [0, 0.1) is 11.8 Å². The molecule has 0 fully saturated rings. The SMILES string of the molecule is CCOC(=O)CS(=O)(=O)Nc1cc(Cl)ccc1C#CCO. The smallest absolute Gasteiger partial charge is 0.323 e. The summed E-state index contributed by atoms with van der Waals surface area (Å²) in [4.78, 5) is 11.2. The van der Waals surface area contributed by atoms with Crippen molar-refractivity contribution in [1.29, 1.82) is 0 Å². The molecule has 0 unspecified atom stereocenters. The van der Waals surface area contributed by atoms with Crippen LogP contribution in [0.1, 0.15) is 12.5 Å². The van der Waals surface area contributed by atoms with E-state index < -0.39 is 21.7 Å². The van der Waals surface area contributed by atoms with Gasteiger partial charge in [-0.15, -0.1) is 0 Å². The molecule has 8 heteroatoms. The first-order valence-electron chi connectivity index (χ1n) is 5.93. The highest BCUT2D eigenvalue weighted by molar-refractivity contribution is 7.93. The maximum absolute atomic E-state index is 11.9. The largest absolute Gasteiger partial charge is 0.465 e. The van der Waals surface area contributed by atoms with E-state index in [1.54, 1.807) is 6.92 Å². The van der Waals surface area contributed by atoms with Crippen LogP contribution in [0.15, 0.2) is 18.2 Å². The average molecular weight is 332 g/mol. The zero-order chi connectivity index (χ0) is 15.9. The van der Waals surface area contributed by atoms with E-state index in [1.807, 2.05) is 0 Å². The molecule has 2 N–H and O–H groups in total. The van der Waals surface area contributed by atoms with Crippen LogP contribution >= 0.6 is 11.6 Å². The van der Waals surface area contributed by atoms with Crippen LogP contribution in [-0.4, -0.2) is 38.5 Å². The summed E-state index contributed by atoms with van der Waals surface area (Å²) in [6.07, 6.45) is 0. The maximum atomic E-state index is 11.9. The van der Waals surface area contributed by atoms with Gasteiger partial charge >= 0.3 is 5.97 Å². The van der Waals surface area contributed by atoms with Crippen molar-refractivity contribution in [3.05, 3.63) is 28.8 Å². The molecule has 114 valence electrons. The van der Waals surface area contributed by atoms with Gasteiger partial charge in [-0.3, -0.25) is 9.52 Å². The van der Waals surface area contributed by atoms with Crippen molar-refractivity contribution in [3.8, 4) is 11.8 Å². The fourth-order valence-electron chi connectivity index (χ4n) is 1.41. The standard InChI is InChI=1S/C13H14ClNO5S/c1-2-20-13(17)9-21(18,19)15-12-8-11(14)6-5-10(12)4-3-7-16/h5-6,8,15-16H,2,7,9H2,1H3. The molecule has 0 bridgehead atoms. The predicted molar refractivity (Wildman–Crippen MR) is 79.5 cm³/mol. The van der Waals surface area contributed by atoms with Crippen LogP contribution in [0.3, 0.4) is 0 Å². The van der Waals surface area contributed by atoms with Crippen molar-refractivity contribution in [2.45, 2.75) is 6.92 Å². The van der Waals surface area contributed by atoms with E-state index in [9.17, 15) is 13.2 Å². The summed E-state index contributed by atoms with van der Waals surface area (Å²) in [6.45, 7) is 1.31. The lowest BCUT2D eigenvalue weighted by Gasteiger charge is -2.10. The number of ether oxygens (including phenoxy) is 1. The third-order valence-electron chi connectivity index (χ3n) is 2.16. The number of nitrogens with one attached hydrogen (secondary N) is 1. The number of benzene rings is 1. The topological polar surface area (TPSA) is 92.7 Å². The minimum Gasteiger partial charge on any atom is -0.465 e. The van der Waals surface area contributed by atoms with Gasteiger partial charge < -0.3 is 9.84 Å². The third kappa shape index (κ3) is 6.04. The number of carbonyl (C=O) groups excluding carboxylic acids is 1. The Labute approximate surface area is 128 Å². The minimum absolute atomic E-state index is 0.0960. The zero-order valence-electron chi connectivity index (χ0n) is 11.2. The average Bonchev–Trinajstić information content (AvgIpc) is 2.36. The summed E-state index contributed by atoms with van der Waals surface area (Å²) in [5.74, 6) is 3.34. The number of carbonyl (C=O) groups is 1. The molecule has 0 radical (unpaired) electrons. The number of esters is 1. The Morgan fingerprint density at radius 2 is 2.19 bits per heavy atom. The normalized spacial score (nSPS) is 10.4. The molecule has 0 amide bonds. The molecule has 1 aromatic carbocycles. The molecule has 0 spiro atoms. The Kier molecular flexibility index (Phi) is 6.49. The van der Waals surface area contributed by atoms with E-state index in [4.69, 9.17) is 16.7 Å². The van der Waals surface area contributed by atoms with E-state index in [2.05, 4.69) is 21.3 Å². The van der Waals surface area contributed by atoms with Crippen molar-refractivity contribution >= 4 is 33.3 Å². The van der Waals surface area contributed by atoms with Crippen LogP contribution in [0.4, 0.5) is 5.69 Å². The lowest BCUT2D eigenvalue weighted by atomic mass is 10.2. The van der Waals surface area contributed by atoms with Crippen molar-refractivity contribution in [2.24, 2.45) is 0 Å². The fourth-order valence-corrected chi connectivity index (χ4v) is 2.55. The number of hydrogen-bond donors (Lipinski definition) is 2. The molecule has 0 aliphatic heterocycles. The number of hydrogen-bond acceptors (Lipinski definition) is 5. The van der Waals surface area contributed by atoms with Gasteiger partial charge in [-0.25, -0.2) is 8.42 Å². The highest BCUT2D eigenvalue weighted by Gasteiger charge is 2.18. The lowest BCUT2D eigenvalue weighted by molar-refractivity contribution is -0.139. The van der Waals surface area contributed by atoms with E-state index in [0.717, 1.165) is 0 Å². The quantitative estimate of drug-likeness (QED) is 0.620. The number of aliphatic hydroxyl groups is 1. The van der Waals surface area contributed by atoms with Crippen LogP contribution in [0.25, 0.3) is 0 Å². The highest BCUT2D eigenvalue weighted by Crippen LogP contribution is 2.21. The van der Waals surface area contributed by atoms with Crippen molar-refractivity contribution in [3.63, 3.8) is 0 Å². The van der Waals surface area contributed by atoms with Gasteiger partial charge in [0.15, 0.2) is 5.75 Å². The summed E-state index contributed by atoms with van der Waals surface area (Å²) in [5, 5.41) is 8.99. The van der Waals surface area contributed by atoms with Crippen molar-refractivity contribution in [2.75, 3.05) is 23.7 Å². The summed E-state index contributed by atoms with van der Waals surface area (Å²) in [6, 6.07) is 4.41. The molecule has 1 aromatic rings. The Morgan fingerprint density at radius 3 is 2.81 bits per heavy atom. The Bertz CT molecular complexity index is 676. The van der Waals surface area contributed by atoms with Crippen molar-refractivity contribution in [1.82, 2.24) is 0 Å². The molecule has 1 rings (SSSR count). The summed E-state index contributed by atoms with van der Waals surface area (Å²) in [5.41, 5.74) is 0.466. The number of anilines is 1. The molecule has 0 aliphatic carbocycles. The summed E-state index contributed by atoms with van der Waals surface area (Å²) >= 11 is 5.81. The van der Waals surface area contributed by atoms with E-state index in [1.165, 1.54) is 18.2 Å². The lowest BCUT2D eigenvalue weighted by Crippen LogP contribution is -2.24. The predicted octanol–water partition coefficient (Wildman–Crippen LogP) is 0.989. The number of sulfonamides is 1. The van der Waals surface area contributed by atoms with E-state index in [-0.39, 0.29) is 18.9 Å². The first-order chi connectivity index (χ1) is 9.88. The van der Waals surface area contributed by atoms with Gasteiger partial charge in [-0.1, -0.05) is 23.4 Å². The van der Waals surface area contributed by atoms with Gasteiger partial charge in [0.2, 0.25) is 10.0 Å². The minimum atomic E-state index is -3.93. The third-order valence-corrected chi connectivity index (χ3v) is 3.54. The van der Waals surface area contributed by atoms with Gasteiger partial charge in [0.25, 0.3) is 0 Å². The fraction of sp³-hybridized carbons (Fsp3) is 0.308. The molecule has 0 heterocycles. The Hall–Kier alpha value is -1.75. The van der Waals surface area contributed by atoms with Gasteiger partial charge in [0.05, 0.1) is 12.3 Å².